The van der Waals surface area contributed by atoms with Crippen LogP contribution in [-0.2, 0) is 4.74 Å². The summed E-state index contributed by atoms with van der Waals surface area (Å²) in [6.45, 7) is 8.32. The monoisotopic (exact) mass is 393 g/mol. The lowest BCUT2D eigenvalue weighted by atomic mass is 9.80. The second-order valence-electron chi connectivity index (χ2n) is 9.68. The number of amides is 1. The van der Waals surface area contributed by atoms with Crippen LogP contribution < -0.4 is 0 Å². The zero-order chi connectivity index (χ0) is 20.6. The number of ether oxygens (including phenoxy) is 1. The van der Waals surface area contributed by atoms with Crippen molar-refractivity contribution in [2.45, 2.75) is 33.1 Å². The van der Waals surface area contributed by atoms with Crippen molar-refractivity contribution in [2.24, 2.45) is 17.3 Å². The fourth-order valence-electron chi connectivity index (χ4n) is 5.00. The smallest absolute Gasteiger partial charge is 0.409 e. The molecule has 4 rings (SSSR count). The highest BCUT2D eigenvalue weighted by molar-refractivity contribution is 5.79. The third-order valence-corrected chi connectivity index (χ3v) is 6.28. The van der Waals surface area contributed by atoms with Gasteiger partial charge in [-0.3, -0.25) is 0 Å². The standard InChI is InChI=1S/C25H31NO3/c1-25(2,3)12-17-13-26(14-18(17)15-27)24(28)29-16-23-21-10-6-4-8-19(21)20-9-5-7-11-22(20)23/h4-11,17-18,23,27H,12-16H2,1-3H3/t17-,18+/m1/s1. The van der Waals surface area contributed by atoms with Crippen LogP contribution in [0.25, 0.3) is 11.1 Å². The number of carbonyl (C=O) groups is 1. The van der Waals surface area contributed by atoms with E-state index >= 15 is 0 Å². The van der Waals surface area contributed by atoms with Gasteiger partial charge in [-0.25, -0.2) is 4.79 Å². The van der Waals surface area contributed by atoms with E-state index in [2.05, 4.69) is 57.2 Å². The van der Waals surface area contributed by atoms with Crippen LogP contribution >= 0.6 is 0 Å². The molecule has 0 aromatic heterocycles. The van der Waals surface area contributed by atoms with Crippen LogP contribution in [0.2, 0.25) is 0 Å². The van der Waals surface area contributed by atoms with E-state index in [0.717, 1.165) is 6.42 Å². The van der Waals surface area contributed by atoms with E-state index in [1.165, 1.54) is 22.3 Å². The molecule has 1 aliphatic carbocycles. The summed E-state index contributed by atoms with van der Waals surface area (Å²) >= 11 is 0. The molecule has 0 unspecified atom stereocenters. The van der Waals surface area contributed by atoms with E-state index in [4.69, 9.17) is 4.74 Å². The van der Waals surface area contributed by atoms with E-state index in [-0.39, 0.29) is 30.0 Å². The highest BCUT2D eigenvalue weighted by atomic mass is 16.6. The Morgan fingerprint density at radius 2 is 1.55 bits per heavy atom. The number of carbonyl (C=O) groups excluding carboxylic acids is 1. The van der Waals surface area contributed by atoms with E-state index in [1.54, 1.807) is 4.90 Å². The molecule has 2 aromatic rings. The van der Waals surface area contributed by atoms with Crippen LogP contribution in [0.1, 0.15) is 44.2 Å². The molecule has 0 radical (unpaired) electrons. The Kier molecular flexibility index (Phi) is 5.39. The van der Waals surface area contributed by atoms with Crippen molar-refractivity contribution < 1.29 is 14.6 Å². The summed E-state index contributed by atoms with van der Waals surface area (Å²) in [4.78, 5) is 14.6. The molecule has 1 aliphatic heterocycles. The summed E-state index contributed by atoms with van der Waals surface area (Å²) < 4.78 is 5.80. The van der Waals surface area contributed by atoms with Gasteiger partial charge in [-0.1, -0.05) is 69.3 Å². The van der Waals surface area contributed by atoms with Gasteiger partial charge in [0.05, 0.1) is 0 Å². The number of likely N-dealkylation sites (tertiary alicyclic amines) is 1. The van der Waals surface area contributed by atoms with Crippen molar-refractivity contribution in [2.75, 3.05) is 26.3 Å². The normalized spacial score (nSPS) is 21.2. The van der Waals surface area contributed by atoms with Crippen molar-refractivity contribution in [1.82, 2.24) is 4.90 Å². The lowest BCUT2D eigenvalue weighted by Gasteiger charge is -2.25. The Balaban J connectivity index is 1.44. The van der Waals surface area contributed by atoms with Crippen molar-refractivity contribution >= 4 is 6.09 Å². The Morgan fingerprint density at radius 1 is 1.00 bits per heavy atom. The van der Waals surface area contributed by atoms with Gasteiger partial charge in [0.1, 0.15) is 6.61 Å². The number of benzene rings is 2. The Hall–Kier alpha value is -2.33. The van der Waals surface area contributed by atoms with Gasteiger partial charge in [0.25, 0.3) is 0 Å². The highest BCUT2D eigenvalue weighted by Crippen LogP contribution is 2.44. The molecule has 1 N–H and O–H groups in total. The van der Waals surface area contributed by atoms with Gasteiger partial charge in [0.15, 0.2) is 0 Å². The number of hydrogen-bond donors (Lipinski definition) is 1. The molecule has 1 saturated heterocycles. The molecule has 0 bridgehead atoms. The van der Waals surface area contributed by atoms with Gasteiger partial charge in [-0.05, 0) is 40.0 Å². The molecule has 0 spiro atoms. The Bertz CT molecular complexity index is 840. The fraction of sp³-hybridized carbons (Fsp3) is 0.480. The lowest BCUT2D eigenvalue weighted by Crippen LogP contribution is -2.31. The van der Waals surface area contributed by atoms with Crippen molar-refractivity contribution in [3.8, 4) is 11.1 Å². The zero-order valence-corrected chi connectivity index (χ0v) is 17.6. The first-order valence-corrected chi connectivity index (χ1v) is 10.6. The summed E-state index contributed by atoms with van der Waals surface area (Å²) in [6.07, 6.45) is 0.729. The molecule has 154 valence electrons. The SMILES string of the molecule is CC(C)(C)C[C@@H]1CN(C(=O)OCC2c3ccccc3-c3ccccc32)C[C@H]1CO. The van der Waals surface area contributed by atoms with Crippen LogP contribution in [0.4, 0.5) is 4.79 Å². The average molecular weight is 394 g/mol. The van der Waals surface area contributed by atoms with E-state index in [0.29, 0.717) is 25.6 Å². The lowest BCUT2D eigenvalue weighted by molar-refractivity contribution is 0.104. The first-order chi connectivity index (χ1) is 13.9. The van der Waals surface area contributed by atoms with Crippen LogP contribution in [0, 0.1) is 17.3 Å². The molecular weight excluding hydrogens is 362 g/mol. The largest absolute Gasteiger partial charge is 0.448 e. The van der Waals surface area contributed by atoms with Gasteiger partial charge in [0.2, 0.25) is 0 Å². The number of rotatable bonds is 4. The maximum Gasteiger partial charge on any atom is 0.409 e. The maximum absolute atomic E-state index is 12.8. The molecule has 4 nitrogen and oxygen atoms in total. The minimum absolute atomic E-state index is 0.0768. The van der Waals surface area contributed by atoms with Crippen LogP contribution in [0.3, 0.4) is 0 Å². The fourth-order valence-corrected chi connectivity index (χ4v) is 5.00. The van der Waals surface area contributed by atoms with Crippen LogP contribution in [0.5, 0.6) is 0 Å². The quantitative estimate of drug-likeness (QED) is 0.803. The molecule has 4 heteroatoms. The van der Waals surface area contributed by atoms with E-state index in [1.807, 2.05) is 12.1 Å². The van der Waals surface area contributed by atoms with Crippen molar-refractivity contribution in [3.05, 3.63) is 59.7 Å². The molecule has 0 saturated carbocycles. The first-order valence-electron chi connectivity index (χ1n) is 10.6. The minimum Gasteiger partial charge on any atom is -0.448 e. The molecule has 1 fully saturated rings. The Morgan fingerprint density at radius 3 is 2.10 bits per heavy atom. The minimum atomic E-state index is -0.262. The first kappa shape index (κ1) is 20.0. The second kappa shape index (κ2) is 7.83. The molecule has 2 aliphatic rings. The molecule has 29 heavy (non-hydrogen) atoms. The van der Waals surface area contributed by atoms with Crippen LogP contribution in [-0.4, -0.2) is 42.4 Å². The molecule has 1 amide bonds. The highest BCUT2D eigenvalue weighted by Gasteiger charge is 2.38. The van der Waals surface area contributed by atoms with E-state index in [9.17, 15) is 9.90 Å². The third kappa shape index (κ3) is 4.04. The second-order valence-corrected chi connectivity index (χ2v) is 9.68. The van der Waals surface area contributed by atoms with Gasteiger partial charge in [-0.15, -0.1) is 0 Å². The number of aliphatic hydroxyl groups is 1. The van der Waals surface area contributed by atoms with Crippen molar-refractivity contribution in [3.63, 3.8) is 0 Å². The number of aliphatic hydroxyl groups excluding tert-OH is 1. The van der Waals surface area contributed by atoms with Gasteiger partial charge < -0.3 is 14.7 Å². The Labute approximate surface area is 173 Å². The maximum atomic E-state index is 12.8. The predicted molar refractivity (Wildman–Crippen MR) is 115 cm³/mol. The number of hydrogen-bond acceptors (Lipinski definition) is 3. The number of nitrogens with zero attached hydrogens (tertiary/aromatic N) is 1. The predicted octanol–water partition coefficient (Wildman–Crippen LogP) is 4.91. The summed E-state index contributed by atoms with van der Waals surface area (Å²) in [5.74, 6) is 0.531. The summed E-state index contributed by atoms with van der Waals surface area (Å²) in [7, 11) is 0. The third-order valence-electron chi connectivity index (χ3n) is 6.28. The zero-order valence-electron chi connectivity index (χ0n) is 17.6. The topological polar surface area (TPSA) is 49.8 Å². The average Bonchev–Trinajstić information content (AvgIpc) is 3.24. The molecule has 2 atom stereocenters. The van der Waals surface area contributed by atoms with Gasteiger partial charge in [0, 0.05) is 31.5 Å². The van der Waals surface area contributed by atoms with Crippen LogP contribution in [0.15, 0.2) is 48.5 Å². The summed E-state index contributed by atoms with van der Waals surface area (Å²) in [5, 5.41) is 9.78. The van der Waals surface area contributed by atoms with E-state index < -0.39 is 0 Å². The van der Waals surface area contributed by atoms with Crippen molar-refractivity contribution in [1.29, 1.82) is 0 Å². The summed E-state index contributed by atoms with van der Waals surface area (Å²) in [5.41, 5.74) is 5.09. The summed E-state index contributed by atoms with van der Waals surface area (Å²) in [6, 6.07) is 16.7. The number of fused-ring (bicyclic) bond motifs is 3. The molecule has 2 aromatic carbocycles. The molecular formula is C25H31NO3. The van der Waals surface area contributed by atoms with Gasteiger partial charge >= 0.3 is 6.09 Å². The molecule has 1 heterocycles. The van der Waals surface area contributed by atoms with Gasteiger partial charge in [-0.2, -0.15) is 0 Å².